The van der Waals surface area contributed by atoms with Crippen molar-refractivity contribution in [3.63, 3.8) is 0 Å². The van der Waals surface area contributed by atoms with Crippen LogP contribution in [0, 0.1) is 48.5 Å². The molecule has 23 N–H and O–H groups in total. The van der Waals surface area contributed by atoms with Crippen LogP contribution >= 0.6 is 0 Å². The highest BCUT2D eigenvalue weighted by Crippen LogP contribution is 2.38. The van der Waals surface area contributed by atoms with E-state index in [-0.39, 0.29) is 24.7 Å². The topological polar surface area (TPSA) is 344 Å². The van der Waals surface area contributed by atoms with Gasteiger partial charge in [0, 0.05) is 102 Å². The van der Waals surface area contributed by atoms with E-state index in [1.807, 2.05) is 143 Å². The molecule has 15 aromatic rings. The van der Waals surface area contributed by atoms with Crippen molar-refractivity contribution >= 4 is 113 Å². The van der Waals surface area contributed by atoms with E-state index < -0.39 is 0 Å². The van der Waals surface area contributed by atoms with Crippen LogP contribution in [0.25, 0.3) is 54.9 Å². The second-order valence-corrected chi connectivity index (χ2v) is 28.0. The predicted molar refractivity (Wildman–Crippen MR) is 484 cm³/mol. The number of nitrogens with zero attached hydrogens (tertiary/aromatic N) is 1. The molecule has 0 atom stereocenters. The van der Waals surface area contributed by atoms with Crippen molar-refractivity contribution in [2.45, 2.75) is 69.2 Å². The summed E-state index contributed by atoms with van der Waals surface area (Å²) in [5.74, 6) is -0.196. The highest BCUT2D eigenvalue weighted by Gasteiger charge is 2.29. The highest BCUT2D eigenvalue weighted by molar-refractivity contribution is 6.28. The molecule has 0 aliphatic heterocycles. The molecule has 0 radical (unpaired) electrons. The zero-order chi connectivity index (χ0) is 80.4. The second-order valence-electron chi connectivity index (χ2n) is 28.0. The second kappa shape index (κ2) is 37.6. The van der Waals surface area contributed by atoms with Gasteiger partial charge in [-0.25, -0.2) is 0 Å². The third-order valence-corrected chi connectivity index (χ3v) is 19.0. The van der Waals surface area contributed by atoms with E-state index in [2.05, 4.69) is 172 Å². The normalized spacial score (nSPS) is 10.7. The molecule has 16 rings (SSSR count). The average molecular weight is 1500 g/mol. The summed E-state index contributed by atoms with van der Waals surface area (Å²) in [6.45, 7) is 16.1. The molecule has 0 spiro atoms. The van der Waals surface area contributed by atoms with Gasteiger partial charge in [-0.3, -0.25) is 9.59 Å². The Balaban J connectivity index is 0.000000156. The van der Waals surface area contributed by atoms with E-state index in [9.17, 15) is 9.59 Å². The first-order valence-corrected chi connectivity index (χ1v) is 36.7. The number of hydrogen-bond acceptors (Lipinski definition) is 15. The van der Waals surface area contributed by atoms with Gasteiger partial charge in [-0.05, 0) is 314 Å². The van der Waals surface area contributed by atoms with Crippen molar-refractivity contribution in [3.05, 3.63) is 364 Å². The van der Waals surface area contributed by atoms with Crippen molar-refractivity contribution in [3.8, 4) is 39.1 Å². The Bertz CT molecular complexity index is 5250. The molecule has 15 aromatic carbocycles. The lowest BCUT2D eigenvalue weighted by Crippen LogP contribution is -2.21. The molecule has 0 heterocycles. The molecule has 0 bridgehead atoms. The molecule has 15 heteroatoms. The Morgan fingerprint density at radius 2 is 0.558 bits per heavy atom. The molecular formula is C98H102N12O3. The molecule has 15 nitrogen and oxygen atoms in total. The summed E-state index contributed by atoms with van der Waals surface area (Å²) < 4.78 is 0. The number of benzene rings is 15. The van der Waals surface area contributed by atoms with Crippen LogP contribution in [0.5, 0.6) is 5.75 Å². The number of fused-ring (bicyclic) bond motifs is 4. The van der Waals surface area contributed by atoms with Crippen LogP contribution in [0.4, 0.5) is 79.6 Å². The number of ketones is 2. The van der Waals surface area contributed by atoms with Gasteiger partial charge in [-0.1, -0.05) is 146 Å². The fourth-order valence-electron chi connectivity index (χ4n) is 12.4. The van der Waals surface area contributed by atoms with Crippen LogP contribution in [-0.4, -0.2) is 16.7 Å². The maximum absolute atomic E-state index is 12.3. The van der Waals surface area contributed by atoms with Gasteiger partial charge in [0.1, 0.15) is 5.75 Å². The van der Waals surface area contributed by atoms with E-state index in [1.165, 1.54) is 72.1 Å². The van der Waals surface area contributed by atoms with Gasteiger partial charge >= 0.3 is 0 Å². The van der Waals surface area contributed by atoms with Crippen LogP contribution in [0.2, 0.25) is 0 Å². The molecule has 572 valence electrons. The number of hydrogen-bond donors (Lipinski definition) is 12. The van der Waals surface area contributed by atoms with E-state index in [1.54, 1.807) is 36.4 Å². The fraction of sp³-hybridized carbons (Fsp3) is 0.102. The number of carbonyl (C=O) groups excluding carboxylic acids is 2. The third-order valence-electron chi connectivity index (χ3n) is 19.0. The average Bonchev–Trinajstić information content (AvgIpc) is 0.769. The van der Waals surface area contributed by atoms with Crippen LogP contribution in [0.1, 0.15) is 90.7 Å². The summed E-state index contributed by atoms with van der Waals surface area (Å²) in [5.41, 5.74) is 91.2. The van der Waals surface area contributed by atoms with Gasteiger partial charge in [0.05, 0.1) is 5.69 Å². The first kappa shape index (κ1) is 82.6. The number of rotatable bonds is 7. The Kier molecular flexibility index (Phi) is 27.5. The van der Waals surface area contributed by atoms with Crippen LogP contribution in [0.15, 0.2) is 297 Å². The fourth-order valence-corrected chi connectivity index (χ4v) is 12.4. The lowest BCUT2D eigenvalue weighted by atomic mass is 9.83. The predicted octanol–water partition coefficient (Wildman–Crippen LogP) is 21.8. The SMILES string of the molecule is C.CCc1ccc(N)cc1.Cc1cc(N)c(C)cc1N.Cc1cc(N)c(O)cc1N.Cc1ccc(-c2cc(-c3ccc(N)cc3)cc(-c3ccc(N)cc3)c2)cc1.Cc1ccc(N(c2ccc(N)cc2)c2ccc(N)cc2)cc1.Cc1ccc2c(c1)C(=O)c1ccc(N)cc1C2=O.Cc1ccc2cc3cc(N)ccc3cc2c1. The summed E-state index contributed by atoms with van der Waals surface area (Å²) in [7, 11) is 0. The number of anilines is 14. The van der Waals surface area contributed by atoms with E-state index in [4.69, 9.17) is 68.2 Å². The molecule has 0 fully saturated rings. The minimum absolute atomic E-state index is 0. The van der Waals surface area contributed by atoms with Crippen molar-refractivity contribution in [2.75, 3.05) is 68.0 Å². The van der Waals surface area contributed by atoms with Crippen molar-refractivity contribution in [1.29, 1.82) is 0 Å². The van der Waals surface area contributed by atoms with Crippen LogP contribution in [0.3, 0.4) is 0 Å². The number of phenolic OH excluding ortho intramolecular Hbond substituents is 1. The standard InChI is InChI=1S/C25H22N2.C19H19N3.C15H11NO2.C15H13N.C8H12N2.C8H11N.C7H10N2O.CH4/c1-17-2-4-18(5-3-17)21-14-22(19-6-10-24(26)11-7-19)16-23(15-21)20-8-12-25(27)13-9-20;1-14-2-8-17(9-3-14)22(18-10-4-15(20)5-11-18)19-12-6-16(21)7-13-19;1-8-2-4-10-12(6-8)14(17)11-5-3-9(16)7-13(11)15(10)18;1-10-2-3-11-8-14-9-15(16)5-4-12(14)7-13(11)6-10;1-5-3-8(10)6(2)4-7(5)9;1-2-7-3-5-8(9)6-4-7;1-4-2-6(9)7(10)3-5(4)8;/h2-16H,26-27H2,1H3;2-13H,20-21H2,1H3;2-7H,16H2,1H3;2-9H,16H2,1H3;3-4H,9-10H2,1-2H3;3-6H,2,9H2,1H3;2-3,10H,8-9H2,1H3;1H4. The summed E-state index contributed by atoms with van der Waals surface area (Å²) in [6, 6.07) is 97.5. The minimum atomic E-state index is -0.132. The molecule has 0 saturated carbocycles. The van der Waals surface area contributed by atoms with Crippen LogP contribution < -0.4 is 68.0 Å². The summed E-state index contributed by atoms with van der Waals surface area (Å²) in [5, 5.41) is 14.0. The first-order valence-electron chi connectivity index (χ1n) is 36.7. The smallest absolute Gasteiger partial charge is 0.194 e. The number of carbonyl (C=O) groups is 2. The first-order chi connectivity index (χ1) is 53.6. The largest absolute Gasteiger partial charge is 0.506 e. The van der Waals surface area contributed by atoms with Crippen molar-refractivity contribution in [2.24, 2.45) is 0 Å². The lowest BCUT2D eigenvalue weighted by molar-refractivity contribution is 0.0979. The number of aryl methyl sites for hydroxylation is 8. The summed E-state index contributed by atoms with van der Waals surface area (Å²) in [6.07, 6.45) is 1.08. The maximum Gasteiger partial charge on any atom is 0.194 e. The zero-order valence-electron chi connectivity index (χ0n) is 64.6. The Hall–Kier alpha value is -14.4. The third kappa shape index (κ3) is 21.9. The van der Waals surface area contributed by atoms with Crippen LogP contribution in [-0.2, 0) is 6.42 Å². The highest BCUT2D eigenvalue weighted by atomic mass is 16.3. The van der Waals surface area contributed by atoms with Gasteiger partial charge in [0.2, 0.25) is 0 Å². The van der Waals surface area contributed by atoms with Gasteiger partial charge in [0.25, 0.3) is 0 Å². The molecule has 0 aromatic heterocycles. The van der Waals surface area contributed by atoms with Gasteiger partial charge < -0.3 is 73.1 Å². The van der Waals surface area contributed by atoms with E-state index in [0.717, 1.165) is 102 Å². The summed E-state index contributed by atoms with van der Waals surface area (Å²) in [4.78, 5) is 26.8. The van der Waals surface area contributed by atoms with Crippen molar-refractivity contribution < 1.29 is 14.7 Å². The summed E-state index contributed by atoms with van der Waals surface area (Å²) >= 11 is 0. The maximum atomic E-state index is 12.3. The van der Waals surface area contributed by atoms with E-state index in [0.29, 0.717) is 39.3 Å². The van der Waals surface area contributed by atoms with Gasteiger partial charge in [-0.2, -0.15) is 0 Å². The Morgan fingerprint density at radius 3 is 0.991 bits per heavy atom. The number of nitrogen functional groups attached to an aromatic ring is 11. The van der Waals surface area contributed by atoms with Crippen molar-refractivity contribution in [1.82, 2.24) is 0 Å². The van der Waals surface area contributed by atoms with E-state index >= 15 is 0 Å². The van der Waals surface area contributed by atoms with Gasteiger partial charge in [0.15, 0.2) is 11.6 Å². The number of phenols is 1. The Morgan fingerprint density at radius 1 is 0.257 bits per heavy atom. The minimum Gasteiger partial charge on any atom is -0.506 e. The molecule has 1 aliphatic rings. The molecule has 1 aliphatic carbocycles. The lowest BCUT2D eigenvalue weighted by Gasteiger charge is -2.25. The molecule has 0 unspecified atom stereocenters. The monoisotopic (exact) mass is 1490 g/mol. The molecule has 0 saturated heterocycles. The van der Waals surface area contributed by atoms with Gasteiger partial charge in [-0.15, -0.1) is 0 Å². The number of aromatic hydroxyl groups is 1. The number of nitrogens with two attached hydrogens (primary N) is 11. The quantitative estimate of drug-likeness (QED) is 0.0401. The zero-order valence-corrected chi connectivity index (χ0v) is 64.6. The molecule has 113 heavy (non-hydrogen) atoms. The Labute approximate surface area is 664 Å². The molecule has 0 amide bonds. The molecular weight excluding hydrogens is 1390 g/mol.